The van der Waals surface area contributed by atoms with E-state index in [1.54, 1.807) is 6.20 Å². The van der Waals surface area contributed by atoms with Crippen molar-refractivity contribution in [2.75, 3.05) is 11.9 Å². The Morgan fingerprint density at radius 3 is 2.59 bits per heavy atom. The van der Waals surface area contributed by atoms with Gasteiger partial charge in [-0.1, -0.05) is 24.3 Å². The Balaban J connectivity index is 1.40. The molecule has 3 aromatic heterocycles. The van der Waals surface area contributed by atoms with Gasteiger partial charge in [-0.15, -0.1) is 0 Å². The number of nitrogens with one attached hydrogen (secondary N) is 2. The van der Waals surface area contributed by atoms with Crippen molar-refractivity contribution in [3.05, 3.63) is 114 Å². The molecule has 1 saturated heterocycles. The van der Waals surface area contributed by atoms with Gasteiger partial charge in [-0.3, -0.25) is 14.8 Å². The first-order valence-electron chi connectivity index (χ1n) is 12.4. The number of amides is 1. The topological polar surface area (TPSA) is 75.1 Å². The number of aromatic nitrogens is 3. The fourth-order valence-corrected chi connectivity index (χ4v) is 5.11. The molecule has 2 N–H and O–H groups in total. The van der Waals surface area contributed by atoms with Crippen LogP contribution in [0.25, 0.3) is 0 Å². The summed E-state index contributed by atoms with van der Waals surface area (Å²) in [4.78, 5) is 24.2. The van der Waals surface area contributed by atoms with Crippen LogP contribution in [0, 0.1) is 13.8 Å². The van der Waals surface area contributed by atoms with E-state index in [0.29, 0.717) is 24.6 Å². The van der Waals surface area contributed by atoms with Crippen LogP contribution in [0.3, 0.4) is 0 Å². The Kier molecular flexibility index (Phi) is 7.28. The molecular formula is C29H30N6OS. The quantitative estimate of drug-likeness (QED) is 0.327. The standard InChI is InChI=1S/C29H30N6OS/c1-20-11-12-21(2)24(18-20)32-26(36)13-17-35-28(27(33-29(35)37)23-9-4-6-15-31-23)25-10-7-16-34(25)19-22-8-3-5-14-30-22/h3-12,14-16,18,27-28H,13,17,19H2,1-2H3,(H,32,36)(H,33,37)/t27-,28-/m1/s1. The zero-order valence-electron chi connectivity index (χ0n) is 21.0. The van der Waals surface area contributed by atoms with Gasteiger partial charge in [-0.25, -0.2) is 0 Å². The van der Waals surface area contributed by atoms with Crippen molar-refractivity contribution in [3.8, 4) is 0 Å². The Morgan fingerprint density at radius 1 is 1.03 bits per heavy atom. The van der Waals surface area contributed by atoms with Gasteiger partial charge < -0.3 is 20.1 Å². The van der Waals surface area contributed by atoms with Crippen LogP contribution in [0.5, 0.6) is 0 Å². The second-order valence-electron chi connectivity index (χ2n) is 9.32. The van der Waals surface area contributed by atoms with Gasteiger partial charge in [-0.2, -0.15) is 0 Å². The minimum absolute atomic E-state index is 0.0413. The molecule has 1 fully saturated rings. The number of carbonyl (C=O) groups is 1. The third kappa shape index (κ3) is 5.54. The molecule has 0 spiro atoms. The highest BCUT2D eigenvalue weighted by atomic mass is 32.1. The normalized spacial score (nSPS) is 17.0. The number of anilines is 1. The fraction of sp³-hybridized carbons (Fsp3) is 0.241. The van der Waals surface area contributed by atoms with E-state index in [1.165, 1.54) is 0 Å². The molecule has 8 heteroatoms. The minimum Gasteiger partial charge on any atom is -0.352 e. The summed E-state index contributed by atoms with van der Waals surface area (Å²) in [6.45, 7) is 5.14. The molecule has 4 heterocycles. The van der Waals surface area contributed by atoms with Crippen LogP contribution >= 0.6 is 12.2 Å². The van der Waals surface area contributed by atoms with Gasteiger partial charge in [0, 0.05) is 42.9 Å². The molecule has 7 nitrogen and oxygen atoms in total. The van der Waals surface area contributed by atoms with E-state index in [-0.39, 0.29) is 18.0 Å². The summed E-state index contributed by atoms with van der Waals surface area (Å²) < 4.78 is 2.20. The van der Waals surface area contributed by atoms with Gasteiger partial charge in [0.1, 0.15) is 0 Å². The third-order valence-corrected chi connectivity index (χ3v) is 7.02. The van der Waals surface area contributed by atoms with E-state index >= 15 is 0 Å². The maximum Gasteiger partial charge on any atom is 0.226 e. The number of nitrogens with zero attached hydrogens (tertiary/aromatic N) is 4. The smallest absolute Gasteiger partial charge is 0.226 e. The first-order chi connectivity index (χ1) is 18.0. The Labute approximate surface area is 222 Å². The van der Waals surface area contributed by atoms with E-state index in [0.717, 1.165) is 33.9 Å². The minimum atomic E-state index is -0.145. The summed E-state index contributed by atoms with van der Waals surface area (Å²) in [7, 11) is 0. The predicted molar refractivity (Wildman–Crippen MR) is 149 cm³/mol. The summed E-state index contributed by atoms with van der Waals surface area (Å²) in [5.41, 5.74) is 5.96. The lowest BCUT2D eigenvalue weighted by Gasteiger charge is -2.28. The molecule has 0 bridgehead atoms. The number of rotatable bonds is 8. The predicted octanol–water partition coefficient (Wildman–Crippen LogP) is 4.94. The summed E-state index contributed by atoms with van der Waals surface area (Å²) in [5.74, 6) is -0.0413. The van der Waals surface area contributed by atoms with Gasteiger partial charge in [-0.05, 0) is 79.7 Å². The Morgan fingerprint density at radius 2 is 1.84 bits per heavy atom. The van der Waals surface area contributed by atoms with Gasteiger partial charge in [0.2, 0.25) is 5.91 Å². The number of pyridine rings is 2. The Hall–Kier alpha value is -4.04. The highest BCUT2D eigenvalue weighted by Gasteiger charge is 2.41. The third-order valence-electron chi connectivity index (χ3n) is 6.67. The number of hydrogen-bond donors (Lipinski definition) is 2. The van der Waals surface area contributed by atoms with E-state index < -0.39 is 0 Å². The average molecular weight is 511 g/mol. The van der Waals surface area contributed by atoms with E-state index in [4.69, 9.17) is 12.2 Å². The maximum absolute atomic E-state index is 13.0. The summed E-state index contributed by atoms with van der Waals surface area (Å²) >= 11 is 5.79. The molecule has 0 saturated carbocycles. The second-order valence-corrected chi connectivity index (χ2v) is 9.71. The van der Waals surface area contributed by atoms with Gasteiger partial charge >= 0.3 is 0 Å². The molecular weight excluding hydrogens is 480 g/mol. The van der Waals surface area contributed by atoms with Crippen molar-refractivity contribution in [1.29, 1.82) is 0 Å². The van der Waals surface area contributed by atoms with Crippen LogP contribution in [0.2, 0.25) is 0 Å². The number of benzene rings is 1. The van der Waals surface area contributed by atoms with Crippen LogP contribution in [-0.2, 0) is 11.3 Å². The SMILES string of the molecule is Cc1ccc(C)c(NC(=O)CCN2C(=S)N[C@H](c3ccccn3)[C@H]2c2cccn2Cc2ccccn2)c1. The van der Waals surface area contributed by atoms with Crippen LogP contribution in [0.1, 0.15) is 46.7 Å². The monoisotopic (exact) mass is 510 g/mol. The van der Waals surface area contributed by atoms with Crippen molar-refractivity contribution < 1.29 is 4.79 Å². The van der Waals surface area contributed by atoms with Crippen LogP contribution in [0.15, 0.2) is 85.3 Å². The molecule has 1 aliphatic heterocycles. The largest absolute Gasteiger partial charge is 0.352 e. The summed E-state index contributed by atoms with van der Waals surface area (Å²) in [6.07, 6.45) is 5.97. The molecule has 5 rings (SSSR count). The lowest BCUT2D eigenvalue weighted by atomic mass is 10.0. The maximum atomic E-state index is 13.0. The van der Waals surface area contributed by atoms with Crippen LogP contribution in [-0.4, -0.2) is 37.0 Å². The lowest BCUT2D eigenvalue weighted by molar-refractivity contribution is -0.116. The average Bonchev–Trinajstić information content (AvgIpc) is 3.49. The molecule has 0 radical (unpaired) electrons. The summed E-state index contributed by atoms with van der Waals surface area (Å²) in [6, 6.07) is 21.8. The van der Waals surface area contributed by atoms with Crippen molar-refractivity contribution in [1.82, 2.24) is 24.8 Å². The first-order valence-corrected chi connectivity index (χ1v) is 12.8. The highest BCUT2D eigenvalue weighted by Crippen LogP contribution is 2.39. The van der Waals surface area contributed by atoms with Crippen molar-refractivity contribution in [2.45, 2.75) is 38.9 Å². The van der Waals surface area contributed by atoms with E-state index in [1.807, 2.05) is 80.7 Å². The fourth-order valence-electron chi connectivity index (χ4n) is 4.78. The van der Waals surface area contributed by atoms with Crippen LogP contribution < -0.4 is 10.6 Å². The molecule has 4 aromatic rings. The molecule has 2 atom stereocenters. The Bertz CT molecular complexity index is 1390. The highest BCUT2D eigenvalue weighted by molar-refractivity contribution is 7.80. The number of carbonyl (C=O) groups excluding carboxylic acids is 1. The molecule has 1 amide bonds. The molecule has 1 aliphatic rings. The van der Waals surface area contributed by atoms with Crippen molar-refractivity contribution >= 4 is 28.9 Å². The zero-order valence-corrected chi connectivity index (χ0v) is 21.8. The van der Waals surface area contributed by atoms with Crippen LogP contribution in [0.4, 0.5) is 5.69 Å². The van der Waals surface area contributed by atoms with Gasteiger partial charge in [0.15, 0.2) is 5.11 Å². The molecule has 0 aliphatic carbocycles. The molecule has 0 unspecified atom stereocenters. The van der Waals surface area contributed by atoms with Crippen molar-refractivity contribution in [2.24, 2.45) is 0 Å². The lowest BCUT2D eigenvalue weighted by Crippen LogP contribution is -2.33. The van der Waals surface area contributed by atoms with E-state index in [2.05, 4.69) is 42.3 Å². The zero-order chi connectivity index (χ0) is 25.8. The summed E-state index contributed by atoms with van der Waals surface area (Å²) in [5, 5.41) is 7.16. The second kappa shape index (κ2) is 10.9. The van der Waals surface area contributed by atoms with Crippen molar-refractivity contribution in [3.63, 3.8) is 0 Å². The molecule has 188 valence electrons. The molecule has 37 heavy (non-hydrogen) atoms. The van der Waals surface area contributed by atoms with Gasteiger partial charge in [0.25, 0.3) is 0 Å². The first kappa shape index (κ1) is 24.6. The number of hydrogen-bond acceptors (Lipinski definition) is 4. The van der Waals surface area contributed by atoms with Gasteiger partial charge in [0.05, 0.1) is 30.0 Å². The number of thiocarbonyl (C=S) groups is 1. The number of aryl methyl sites for hydroxylation is 2. The molecule has 1 aromatic carbocycles. The van der Waals surface area contributed by atoms with E-state index in [9.17, 15) is 4.79 Å².